The molecule has 0 radical (unpaired) electrons. The molecule has 0 aliphatic rings. The Hall–Kier alpha value is 0.130. The summed E-state index contributed by atoms with van der Waals surface area (Å²) < 4.78 is 14.0. The van der Waals surface area contributed by atoms with E-state index in [1.54, 1.807) is 6.07 Å². The maximum absolute atomic E-state index is 12.8. The van der Waals surface area contributed by atoms with Gasteiger partial charge in [0.05, 0.1) is 0 Å². The highest BCUT2D eigenvalue weighted by atomic mass is 127. The van der Waals surface area contributed by atoms with Gasteiger partial charge in [0.25, 0.3) is 0 Å². The first-order valence-corrected chi connectivity index (χ1v) is 7.85. The van der Waals surface area contributed by atoms with Gasteiger partial charge in [-0.2, -0.15) is 0 Å². The summed E-state index contributed by atoms with van der Waals surface area (Å²) in [5, 5.41) is 3.83. The predicted molar refractivity (Wildman–Crippen MR) is 80.5 cm³/mol. The van der Waals surface area contributed by atoms with Gasteiger partial charge in [-0.25, -0.2) is 4.39 Å². The fourth-order valence-electron chi connectivity index (χ4n) is 1.59. The highest BCUT2D eigenvalue weighted by molar-refractivity contribution is 14.1. The summed E-state index contributed by atoms with van der Waals surface area (Å²) in [5.74, 6) is -0.280. The minimum atomic E-state index is -0.280. The van der Waals surface area contributed by atoms with E-state index in [9.17, 15) is 4.39 Å². The van der Waals surface area contributed by atoms with Crippen LogP contribution in [0.15, 0.2) is 18.2 Å². The highest BCUT2D eigenvalue weighted by Gasteiger charge is 2.01. The maximum Gasteiger partial charge on any atom is 0.124 e. The molecule has 0 saturated carbocycles. The van der Waals surface area contributed by atoms with E-state index >= 15 is 0 Å². The van der Waals surface area contributed by atoms with E-state index in [0.717, 1.165) is 12.1 Å². The van der Waals surface area contributed by atoms with Crippen molar-refractivity contribution in [2.45, 2.75) is 32.2 Å². The fraction of sp³-hybridized carbons (Fsp3) is 0.538. The number of benzene rings is 1. The summed E-state index contributed by atoms with van der Waals surface area (Å²) >= 11 is 8.34. The molecule has 0 unspecified atom stereocenters. The number of rotatable bonds is 8. The summed E-state index contributed by atoms with van der Waals surface area (Å²) in [7, 11) is 0. The second-order valence-corrected chi connectivity index (χ2v) is 5.50. The third-order valence-corrected chi connectivity index (χ3v) is 3.68. The van der Waals surface area contributed by atoms with Crippen molar-refractivity contribution < 1.29 is 4.39 Å². The molecule has 1 nitrogen and oxygen atoms in total. The fourth-order valence-corrected chi connectivity index (χ4v) is 2.36. The lowest BCUT2D eigenvalue weighted by atomic mass is 10.2. The van der Waals surface area contributed by atoms with E-state index in [1.807, 2.05) is 0 Å². The van der Waals surface area contributed by atoms with Gasteiger partial charge in [0.2, 0.25) is 0 Å². The molecular formula is C13H18ClFIN. The molecule has 0 atom stereocenters. The SMILES string of the molecule is Fc1ccc(CNCCCCCCI)c(Cl)c1. The Bertz CT molecular complexity index is 333. The van der Waals surface area contributed by atoms with Gasteiger partial charge in [0.1, 0.15) is 5.82 Å². The summed E-state index contributed by atoms with van der Waals surface area (Å²) in [6.45, 7) is 1.71. The van der Waals surface area contributed by atoms with Gasteiger partial charge in [0.15, 0.2) is 0 Å². The standard InChI is InChI=1S/C13H18ClFIN/c14-13-9-12(15)6-5-11(13)10-17-8-4-2-1-3-7-16/h5-6,9,17H,1-4,7-8,10H2. The molecule has 0 aromatic heterocycles. The Morgan fingerprint density at radius 2 is 1.94 bits per heavy atom. The molecule has 0 aliphatic heterocycles. The molecule has 0 bridgehead atoms. The molecule has 1 rings (SSSR count). The molecule has 0 fully saturated rings. The molecule has 4 heteroatoms. The Morgan fingerprint density at radius 1 is 1.18 bits per heavy atom. The molecule has 0 saturated heterocycles. The van der Waals surface area contributed by atoms with Crippen molar-refractivity contribution in [2.75, 3.05) is 11.0 Å². The predicted octanol–water partition coefficient (Wildman–Crippen LogP) is 4.56. The molecule has 0 heterocycles. The van der Waals surface area contributed by atoms with E-state index in [-0.39, 0.29) is 5.82 Å². The van der Waals surface area contributed by atoms with Crippen molar-refractivity contribution in [3.05, 3.63) is 34.6 Å². The van der Waals surface area contributed by atoms with Crippen LogP contribution in [0.1, 0.15) is 31.2 Å². The molecule has 0 spiro atoms. The first-order valence-electron chi connectivity index (χ1n) is 5.94. The molecular weight excluding hydrogens is 352 g/mol. The van der Waals surface area contributed by atoms with Crippen LogP contribution in [0, 0.1) is 5.82 Å². The third kappa shape index (κ3) is 6.58. The molecule has 1 aromatic carbocycles. The van der Waals surface area contributed by atoms with Crippen LogP contribution in [-0.2, 0) is 6.54 Å². The summed E-state index contributed by atoms with van der Waals surface area (Å²) in [6.07, 6.45) is 5.08. The van der Waals surface area contributed by atoms with Crippen molar-refractivity contribution in [1.82, 2.24) is 5.32 Å². The van der Waals surface area contributed by atoms with Gasteiger partial charge in [-0.15, -0.1) is 0 Å². The summed E-state index contributed by atoms with van der Waals surface area (Å²) in [4.78, 5) is 0. The first-order chi connectivity index (χ1) is 8.24. The maximum atomic E-state index is 12.8. The number of alkyl halides is 1. The van der Waals surface area contributed by atoms with Crippen LogP contribution >= 0.6 is 34.2 Å². The molecule has 1 aromatic rings. The number of nitrogens with one attached hydrogen (secondary N) is 1. The van der Waals surface area contributed by atoms with Crippen molar-refractivity contribution in [3.8, 4) is 0 Å². The van der Waals surface area contributed by atoms with Crippen LogP contribution in [0.25, 0.3) is 0 Å². The van der Waals surface area contributed by atoms with E-state index in [0.29, 0.717) is 11.6 Å². The van der Waals surface area contributed by atoms with E-state index in [4.69, 9.17) is 11.6 Å². The number of hydrogen-bond donors (Lipinski definition) is 1. The van der Waals surface area contributed by atoms with Gasteiger partial charge < -0.3 is 5.32 Å². The van der Waals surface area contributed by atoms with Crippen LogP contribution in [0.3, 0.4) is 0 Å². The number of hydrogen-bond acceptors (Lipinski definition) is 1. The molecule has 17 heavy (non-hydrogen) atoms. The second-order valence-electron chi connectivity index (χ2n) is 4.02. The topological polar surface area (TPSA) is 12.0 Å². The van der Waals surface area contributed by atoms with Gasteiger partial charge >= 0.3 is 0 Å². The summed E-state index contributed by atoms with van der Waals surface area (Å²) in [5.41, 5.74) is 0.959. The highest BCUT2D eigenvalue weighted by Crippen LogP contribution is 2.16. The summed E-state index contributed by atoms with van der Waals surface area (Å²) in [6, 6.07) is 4.54. The quantitative estimate of drug-likeness (QED) is 0.402. The van der Waals surface area contributed by atoms with Crippen LogP contribution in [-0.4, -0.2) is 11.0 Å². The molecule has 1 N–H and O–H groups in total. The smallest absolute Gasteiger partial charge is 0.124 e. The van der Waals surface area contributed by atoms with Crippen molar-refractivity contribution >= 4 is 34.2 Å². The zero-order valence-corrected chi connectivity index (χ0v) is 12.7. The van der Waals surface area contributed by atoms with Gasteiger partial charge in [0, 0.05) is 11.6 Å². The average Bonchev–Trinajstić information content (AvgIpc) is 2.30. The monoisotopic (exact) mass is 369 g/mol. The van der Waals surface area contributed by atoms with Crippen molar-refractivity contribution in [2.24, 2.45) is 0 Å². The Balaban J connectivity index is 2.14. The average molecular weight is 370 g/mol. The Morgan fingerprint density at radius 3 is 2.65 bits per heavy atom. The lowest BCUT2D eigenvalue weighted by molar-refractivity contribution is 0.598. The zero-order valence-electron chi connectivity index (χ0n) is 9.82. The van der Waals surface area contributed by atoms with Gasteiger partial charge in [-0.1, -0.05) is 53.1 Å². The van der Waals surface area contributed by atoms with E-state index in [2.05, 4.69) is 27.9 Å². The van der Waals surface area contributed by atoms with Crippen molar-refractivity contribution in [3.63, 3.8) is 0 Å². The van der Waals surface area contributed by atoms with Gasteiger partial charge in [-0.05, 0) is 41.5 Å². The second kappa shape index (κ2) is 9.11. The molecule has 0 amide bonds. The third-order valence-electron chi connectivity index (χ3n) is 2.57. The van der Waals surface area contributed by atoms with E-state index in [1.165, 1.54) is 42.2 Å². The largest absolute Gasteiger partial charge is 0.313 e. The lowest BCUT2D eigenvalue weighted by Crippen LogP contribution is -2.14. The molecule has 0 aliphatic carbocycles. The minimum Gasteiger partial charge on any atom is -0.313 e. The number of unbranched alkanes of at least 4 members (excludes halogenated alkanes) is 3. The number of halogens is 3. The van der Waals surface area contributed by atoms with Crippen LogP contribution < -0.4 is 5.32 Å². The Kier molecular flexibility index (Phi) is 8.14. The zero-order chi connectivity index (χ0) is 12.5. The van der Waals surface area contributed by atoms with Crippen LogP contribution in [0.4, 0.5) is 4.39 Å². The minimum absolute atomic E-state index is 0.280. The lowest BCUT2D eigenvalue weighted by Gasteiger charge is -2.06. The van der Waals surface area contributed by atoms with Gasteiger partial charge in [-0.3, -0.25) is 0 Å². The normalized spacial score (nSPS) is 10.8. The van der Waals surface area contributed by atoms with Crippen LogP contribution in [0.2, 0.25) is 5.02 Å². The van der Waals surface area contributed by atoms with Crippen LogP contribution in [0.5, 0.6) is 0 Å². The molecule has 96 valence electrons. The van der Waals surface area contributed by atoms with Crippen molar-refractivity contribution in [1.29, 1.82) is 0 Å². The first kappa shape index (κ1) is 15.2. The Labute approximate surface area is 121 Å². The van der Waals surface area contributed by atoms with E-state index < -0.39 is 0 Å².